The summed E-state index contributed by atoms with van der Waals surface area (Å²) < 4.78 is 6.15. The molecule has 0 saturated heterocycles. The van der Waals surface area contributed by atoms with E-state index in [1.165, 1.54) is 6.20 Å². The lowest BCUT2D eigenvalue weighted by Gasteiger charge is -2.21. The van der Waals surface area contributed by atoms with Gasteiger partial charge in [-0.2, -0.15) is 0 Å². The molecule has 0 saturated carbocycles. The molecule has 2 aromatic carbocycles. The first kappa shape index (κ1) is 19.5. The van der Waals surface area contributed by atoms with Crippen LogP contribution in [0.5, 0.6) is 0 Å². The molecule has 1 N–H and O–H groups in total. The molecule has 0 aliphatic rings. The Morgan fingerprint density at radius 3 is 2.57 bits per heavy atom. The Hall–Kier alpha value is -3.28. The highest BCUT2D eigenvalue weighted by atomic mass is 16.6. The summed E-state index contributed by atoms with van der Waals surface area (Å²) in [7, 11) is 0. The molecule has 146 valence electrons. The number of hydrogen-bond acceptors (Lipinski definition) is 4. The summed E-state index contributed by atoms with van der Waals surface area (Å²) in [5, 5.41) is 15.8. The molecule has 0 bridgehead atoms. The molecule has 1 unspecified atom stereocenters. The number of ether oxygens (including phenoxy) is 1. The van der Waals surface area contributed by atoms with Crippen molar-refractivity contribution in [3.63, 3.8) is 0 Å². The van der Waals surface area contributed by atoms with Crippen LogP contribution in [0.1, 0.15) is 37.9 Å². The van der Waals surface area contributed by atoms with Crippen LogP contribution in [0.2, 0.25) is 0 Å². The number of hydrogen-bond donors (Lipinski definition) is 1. The Bertz CT molecular complexity index is 972. The lowest BCUT2D eigenvalue weighted by Crippen LogP contribution is -2.34. The van der Waals surface area contributed by atoms with E-state index >= 15 is 0 Å². The SMILES string of the molecule is CC(C)(C)OC(=O)NCC(N=Cc1ccccc1)c1cn([O-])c2ccccc12. The highest BCUT2D eigenvalue weighted by molar-refractivity contribution is 5.86. The van der Waals surface area contributed by atoms with E-state index in [0.717, 1.165) is 21.2 Å². The minimum atomic E-state index is -0.585. The Morgan fingerprint density at radius 1 is 1.18 bits per heavy atom. The molecule has 0 radical (unpaired) electrons. The first-order valence-corrected chi connectivity index (χ1v) is 9.16. The van der Waals surface area contributed by atoms with Gasteiger partial charge in [0, 0.05) is 35.4 Å². The maximum atomic E-state index is 12.3. The Kier molecular flexibility index (Phi) is 5.68. The smallest absolute Gasteiger partial charge is 0.407 e. The molecule has 0 spiro atoms. The van der Waals surface area contributed by atoms with Crippen molar-refractivity contribution in [1.29, 1.82) is 0 Å². The van der Waals surface area contributed by atoms with Crippen molar-refractivity contribution in [2.75, 3.05) is 6.54 Å². The number of rotatable bonds is 5. The summed E-state index contributed by atoms with van der Waals surface area (Å²) in [6.07, 6.45) is 2.76. The van der Waals surface area contributed by atoms with Crippen molar-refractivity contribution in [3.05, 3.63) is 77.1 Å². The van der Waals surface area contributed by atoms with Crippen LogP contribution in [0.25, 0.3) is 10.9 Å². The summed E-state index contributed by atoms with van der Waals surface area (Å²) in [5.41, 5.74) is 1.69. The van der Waals surface area contributed by atoms with Gasteiger partial charge < -0.3 is 20.0 Å². The number of para-hydroxylation sites is 1. The minimum Gasteiger partial charge on any atom is -0.806 e. The van der Waals surface area contributed by atoms with Crippen LogP contribution in [0.3, 0.4) is 0 Å². The van der Waals surface area contributed by atoms with E-state index in [2.05, 4.69) is 10.3 Å². The second-order valence-electron chi connectivity index (χ2n) is 7.51. The molecule has 6 heteroatoms. The standard InChI is InChI=1S/C22H24N3O3/c1-22(2,3)28-21(26)24-14-19(23-13-16-9-5-4-6-10-16)18-15-25(27)20-12-8-7-11-17(18)20/h4-13,15,19H,14H2,1-3H3,(H,24,26)/q-1. The average molecular weight is 378 g/mol. The molecule has 1 aromatic heterocycles. The third-order valence-corrected chi connectivity index (χ3v) is 4.11. The summed E-state index contributed by atoms with van der Waals surface area (Å²) in [6, 6.07) is 16.6. The van der Waals surface area contributed by atoms with Gasteiger partial charge in [-0.25, -0.2) is 4.79 Å². The molecule has 1 amide bonds. The van der Waals surface area contributed by atoms with Crippen LogP contribution in [-0.2, 0) is 4.74 Å². The summed E-state index contributed by atoms with van der Waals surface area (Å²) >= 11 is 0. The minimum absolute atomic E-state index is 0.215. The number of nitrogens with one attached hydrogen (secondary N) is 1. The molecule has 3 aromatic rings. The van der Waals surface area contributed by atoms with Crippen molar-refractivity contribution < 1.29 is 9.53 Å². The van der Waals surface area contributed by atoms with Gasteiger partial charge in [0.25, 0.3) is 0 Å². The fourth-order valence-corrected chi connectivity index (χ4v) is 2.89. The van der Waals surface area contributed by atoms with Crippen LogP contribution < -0.4 is 5.32 Å². The Balaban J connectivity index is 1.88. The van der Waals surface area contributed by atoms with Crippen LogP contribution in [0, 0.1) is 5.21 Å². The molecule has 28 heavy (non-hydrogen) atoms. The van der Waals surface area contributed by atoms with Crippen molar-refractivity contribution >= 4 is 23.2 Å². The van der Waals surface area contributed by atoms with E-state index in [9.17, 15) is 10.0 Å². The third-order valence-electron chi connectivity index (χ3n) is 4.11. The zero-order valence-electron chi connectivity index (χ0n) is 16.3. The third kappa shape index (κ3) is 4.91. The zero-order chi connectivity index (χ0) is 20.1. The van der Waals surface area contributed by atoms with Crippen LogP contribution in [0.15, 0.2) is 65.8 Å². The topological polar surface area (TPSA) is 78.7 Å². The van der Waals surface area contributed by atoms with Crippen molar-refractivity contribution in [3.8, 4) is 0 Å². The number of amides is 1. The Labute approximate surface area is 164 Å². The van der Waals surface area contributed by atoms with Gasteiger partial charge in [-0.3, -0.25) is 4.99 Å². The number of aliphatic imine (C=N–C) groups is 1. The maximum Gasteiger partial charge on any atom is 0.407 e. The van der Waals surface area contributed by atoms with Crippen molar-refractivity contribution in [2.45, 2.75) is 32.4 Å². The van der Waals surface area contributed by atoms with E-state index in [0.29, 0.717) is 5.52 Å². The number of nitrogens with zero attached hydrogens (tertiary/aromatic N) is 2. The van der Waals surface area contributed by atoms with E-state index in [1.807, 2.05) is 69.3 Å². The first-order valence-electron chi connectivity index (χ1n) is 9.16. The van der Waals surface area contributed by atoms with E-state index in [4.69, 9.17) is 4.74 Å². The number of aromatic nitrogens is 1. The predicted molar refractivity (Wildman–Crippen MR) is 112 cm³/mol. The molecule has 0 aliphatic heterocycles. The number of benzene rings is 2. The monoisotopic (exact) mass is 378 g/mol. The Morgan fingerprint density at radius 2 is 1.86 bits per heavy atom. The molecule has 1 heterocycles. The molecule has 1 atom stereocenters. The largest absolute Gasteiger partial charge is 0.806 e. The summed E-state index contributed by atoms with van der Waals surface area (Å²) in [4.78, 5) is 16.7. The van der Waals surface area contributed by atoms with Gasteiger partial charge in [0.2, 0.25) is 0 Å². The highest BCUT2D eigenvalue weighted by Crippen LogP contribution is 2.28. The van der Waals surface area contributed by atoms with Crippen LogP contribution in [0.4, 0.5) is 4.79 Å². The van der Waals surface area contributed by atoms with Crippen molar-refractivity contribution in [2.24, 2.45) is 4.99 Å². The van der Waals surface area contributed by atoms with Gasteiger partial charge in [0.05, 0.1) is 6.04 Å². The number of alkyl carbamates (subject to hydrolysis) is 1. The lowest BCUT2D eigenvalue weighted by atomic mass is 10.1. The fraction of sp³-hybridized carbons (Fsp3) is 0.273. The van der Waals surface area contributed by atoms with Gasteiger partial charge in [0.15, 0.2) is 0 Å². The van der Waals surface area contributed by atoms with E-state index in [-0.39, 0.29) is 6.54 Å². The van der Waals surface area contributed by atoms with E-state index in [1.54, 1.807) is 12.3 Å². The van der Waals surface area contributed by atoms with Gasteiger partial charge in [-0.15, -0.1) is 0 Å². The zero-order valence-corrected chi connectivity index (χ0v) is 16.3. The molecule has 3 rings (SSSR count). The molecular formula is C22H24N3O3-. The van der Waals surface area contributed by atoms with Gasteiger partial charge in [-0.05, 0) is 32.4 Å². The fourth-order valence-electron chi connectivity index (χ4n) is 2.89. The first-order chi connectivity index (χ1) is 13.3. The van der Waals surface area contributed by atoms with Crippen LogP contribution in [-0.4, -0.2) is 29.2 Å². The maximum absolute atomic E-state index is 12.3. The number of carbonyl (C=O) groups is 1. The van der Waals surface area contributed by atoms with Gasteiger partial charge >= 0.3 is 6.09 Å². The number of carbonyl (C=O) groups excluding carboxylic acids is 1. The molecule has 0 aliphatic carbocycles. The molecule has 0 fully saturated rings. The number of fused-ring (bicyclic) bond motifs is 1. The molecular weight excluding hydrogens is 354 g/mol. The average Bonchev–Trinajstić information content (AvgIpc) is 2.98. The van der Waals surface area contributed by atoms with Gasteiger partial charge in [-0.1, -0.05) is 48.5 Å². The second kappa shape index (κ2) is 8.17. The van der Waals surface area contributed by atoms with E-state index < -0.39 is 17.7 Å². The highest BCUT2D eigenvalue weighted by Gasteiger charge is 2.19. The normalized spacial score (nSPS) is 13.0. The van der Waals surface area contributed by atoms with Gasteiger partial charge in [0.1, 0.15) is 5.60 Å². The quantitative estimate of drug-likeness (QED) is 0.655. The summed E-state index contributed by atoms with van der Waals surface area (Å²) in [6.45, 7) is 5.64. The molecule has 6 nitrogen and oxygen atoms in total. The van der Waals surface area contributed by atoms with Crippen molar-refractivity contribution in [1.82, 2.24) is 10.0 Å². The second-order valence-corrected chi connectivity index (χ2v) is 7.51. The van der Waals surface area contributed by atoms with Crippen LogP contribution >= 0.6 is 0 Å². The lowest BCUT2D eigenvalue weighted by molar-refractivity contribution is 0.0525. The summed E-state index contributed by atoms with van der Waals surface area (Å²) in [5.74, 6) is 0. The predicted octanol–water partition coefficient (Wildman–Crippen LogP) is 4.67.